The number of carbonyl (C=O) groups is 2. The van der Waals surface area contributed by atoms with Gasteiger partial charge in [0.05, 0.1) is 5.97 Å². The molecule has 226 valence electrons. The molecule has 0 fully saturated rings. The molecule has 7 nitrogen and oxygen atoms in total. The van der Waals surface area contributed by atoms with Crippen molar-refractivity contribution in [3.8, 4) is 0 Å². The summed E-state index contributed by atoms with van der Waals surface area (Å²) in [6.45, 7) is 0. The summed E-state index contributed by atoms with van der Waals surface area (Å²) in [6.07, 6.45) is -20.7. The van der Waals surface area contributed by atoms with Crippen molar-refractivity contribution in [3.05, 3.63) is 0 Å². The second-order valence-corrected chi connectivity index (χ2v) is 8.92. The molecular formula is C14H8F16Na2O7S. The normalized spacial score (nSPS) is 15.4. The summed E-state index contributed by atoms with van der Waals surface area (Å²) in [5, 5.41) is 17.2. The van der Waals surface area contributed by atoms with E-state index in [1.54, 1.807) is 0 Å². The van der Waals surface area contributed by atoms with Gasteiger partial charge in [0.15, 0.2) is 0 Å². The van der Waals surface area contributed by atoms with Crippen molar-refractivity contribution >= 4 is 22.1 Å². The van der Waals surface area contributed by atoms with Crippen LogP contribution in [0.5, 0.6) is 0 Å². The summed E-state index contributed by atoms with van der Waals surface area (Å²) < 4.78 is 243. The van der Waals surface area contributed by atoms with Crippen LogP contribution in [0.4, 0.5) is 70.2 Å². The number of carboxylic acid groups (broad SMARTS) is 2. The fraction of sp³-hybridized carbons (Fsp3) is 0.857. The molecule has 0 bridgehead atoms. The van der Waals surface area contributed by atoms with Crippen LogP contribution < -0.4 is 69.3 Å². The van der Waals surface area contributed by atoms with E-state index in [1.807, 2.05) is 0 Å². The fourth-order valence-electron chi connectivity index (χ4n) is 2.91. The molecule has 0 spiro atoms. The van der Waals surface area contributed by atoms with Crippen molar-refractivity contribution in [1.29, 1.82) is 0 Å². The van der Waals surface area contributed by atoms with E-state index in [1.165, 1.54) is 0 Å². The van der Waals surface area contributed by atoms with Gasteiger partial charge < -0.3 is 19.8 Å². The molecule has 0 radical (unpaired) electrons. The van der Waals surface area contributed by atoms with Crippen molar-refractivity contribution in [2.24, 2.45) is 5.41 Å². The summed E-state index contributed by atoms with van der Waals surface area (Å²) in [7, 11) is -7.22. The molecule has 0 rings (SSSR count). The summed E-state index contributed by atoms with van der Waals surface area (Å²) in [5.74, 6) is -53.1. The molecule has 0 aromatic heterocycles. The second-order valence-electron chi connectivity index (χ2n) is 7.42. The molecule has 0 saturated carbocycles. The number of aliphatic carboxylic acids is 2. The Balaban J connectivity index is -0.00000684. The van der Waals surface area contributed by atoms with E-state index >= 15 is 0 Å². The van der Waals surface area contributed by atoms with Crippen LogP contribution in [-0.4, -0.2) is 78.5 Å². The minimum atomic E-state index is -7.71. The Morgan fingerprint density at radius 3 is 1.05 bits per heavy atom. The van der Waals surface area contributed by atoms with Crippen LogP contribution in [0, 0.1) is 5.41 Å². The van der Waals surface area contributed by atoms with Gasteiger partial charge in [-0.2, -0.15) is 61.1 Å². The largest absolute Gasteiger partial charge is 1.00 e. The zero-order valence-corrected chi connectivity index (χ0v) is 23.8. The monoisotopic (exact) mass is 670 g/mol. The van der Waals surface area contributed by atoms with Gasteiger partial charge in [0.2, 0.25) is 0 Å². The average molecular weight is 670 g/mol. The molecule has 0 saturated heterocycles. The number of alkyl halides is 16. The molecule has 0 amide bonds. The standard InChI is InChI=1S/C14H10F16O7S.2Na/c15-5(16)11(23,24)13(27,28)9(19,20)1-8(7(33)34,3(4(31)32)38(35,36)37)2-10(21,22)14(29,30)12(25,26)6(17)18;;/h3,5-6H,1-2H2,(H,31,32)(H,33,34)(H,35,36,37);;/q;2*+1/p-2. The van der Waals surface area contributed by atoms with Gasteiger partial charge in [-0.15, -0.1) is 0 Å². The predicted molar refractivity (Wildman–Crippen MR) is 78.7 cm³/mol. The molecule has 40 heavy (non-hydrogen) atoms. The Labute approximate surface area is 254 Å². The van der Waals surface area contributed by atoms with Crippen LogP contribution in [0.1, 0.15) is 12.8 Å². The quantitative estimate of drug-likeness (QED) is 0.113. The topological polar surface area (TPSA) is 135 Å². The number of hydrogen-bond donors (Lipinski definition) is 1. The van der Waals surface area contributed by atoms with E-state index in [-0.39, 0.29) is 59.1 Å². The number of hydrogen-bond acceptors (Lipinski definition) is 6. The number of carbonyl (C=O) groups excluding carboxylic acids is 2. The van der Waals surface area contributed by atoms with Crippen LogP contribution in [0.25, 0.3) is 0 Å². The second kappa shape index (κ2) is 13.2. The summed E-state index contributed by atoms with van der Waals surface area (Å²) >= 11 is 0. The molecule has 1 unspecified atom stereocenters. The van der Waals surface area contributed by atoms with Crippen LogP contribution in [0.3, 0.4) is 0 Å². The molecule has 1 atom stereocenters. The maximum atomic E-state index is 14.1. The van der Waals surface area contributed by atoms with E-state index in [0.717, 1.165) is 0 Å². The summed E-state index contributed by atoms with van der Waals surface area (Å²) in [5.41, 5.74) is -6.09. The maximum Gasteiger partial charge on any atom is 1.00 e. The summed E-state index contributed by atoms with van der Waals surface area (Å²) in [4.78, 5) is 22.4. The van der Waals surface area contributed by atoms with E-state index in [0.29, 0.717) is 0 Å². The third-order valence-corrected chi connectivity index (χ3v) is 6.04. The first-order chi connectivity index (χ1) is 16.3. The van der Waals surface area contributed by atoms with Crippen LogP contribution >= 0.6 is 0 Å². The molecule has 26 heteroatoms. The van der Waals surface area contributed by atoms with Crippen LogP contribution in [0.2, 0.25) is 0 Å². The molecule has 0 aliphatic heterocycles. The van der Waals surface area contributed by atoms with Gasteiger partial charge in [0.25, 0.3) is 10.1 Å². The first kappa shape index (κ1) is 44.2. The molecule has 0 aromatic rings. The zero-order chi connectivity index (χ0) is 31.3. The van der Waals surface area contributed by atoms with Gasteiger partial charge in [0.1, 0.15) is 5.25 Å². The van der Waals surface area contributed by atoms with Crippen molar-refractivity contribution in [3.63, 3.8) is 0 Å². The van der Waals surface area contributed by atoms with Gasteiger partial charge in [-0.25, -0.2) is 17.6 Å². The third kappa shape index (κ3) is 7.62. The minimum Gasteiger partial charge on any atom is -0.549 e. The zero-order valence-electron chi connectivity index (χ0n) is 19.0. The van der Waals surface area contributed by atoms with Crippen molar-refractivity contribution < 1.29 is 162 Å². The van der Waals surface area contributed by atoms with Gasteiger partial charge in [-0.3, -0.25) is 4.55 Å². The molecular weight excluding hydrogens is 662 g/mol. The Bertz CT molecular complexity index is 975. The van der Waals surface area contributed by atoms with Gasteiger partial charge >= 0.3 is 108 Å². The van der Waals surface area contributed by atoms with E-state index < -0.39 is 93.9 Å². The first-order valence-corrected chi connectivity index (χ1v) is 10.0. The Hall–Kier alpha value is -0.270. The number of carboxylic acids is 2. The third-order valence-electron chi connectivity index (χ3n) is 4.80. The van der Waals surface area contributed by atoms with Gasteiger partial charge in [0, 0.05) is 24.2 Å². The number of halogens is 16. The Kier molecular flexibility index (Phi) is 14.5. The fourth-order valence-corrected chi connectivity index (χ4v) is 3.98. The SMILES string of the molecule is O=C([O-])C(C(CC(F)(F)C(F)(F)C(F)(F)C(F)F)(CC(F)(F)C(F)(F)C(F)(F)C(F)F)C(=O)[O-])S(=O)(=O)O.[Na+].[Na+]. The van der Waals surface area contributed by atoms with Crippen LogP contribution in [-0.2, 0) is 19.7 Å². The van der Waals surface area contributed by atoms with Crippen molar-refractivity contribution in [1.82, 2.24) is 0 Å². The Morgan fingerprint density at radius 1 is 0.650 bits per heavy atom. The first-order valence-electron chi connectivity index (χ1n) is 8.53. The smallest absolute Gasteiger partial charge is 0.549 e. The Morgan fingerprint density at radius 2 is 0.900 bits per heavy atom. The number of rotatable bonds is 14. The van der Waals surface area contributed by atoms with Gasteiger partial charge in [-0.1, -0.05) is 0 Å². The average Bonchev–Trinajstić information content (AvgIpc) is 2.64. The summed E-state index contributed by atoms with van der Waals surface area (Å²) in [6, 6.07) is 0. The predicted octanol–water partition coefficient (Wildman–Crippen LogP) is -4.14. The van der Waals surface area contributed by atoms with Crippen LogP contribution in [0.15, 0.2) is 0 Å². The molecule has 1 N–H and O–H groups in total. The molecule has 0 aromatic carbocycles. The van der Waals surface area contributed by atoms with Gasteiger partial charge in [-0.05, 0) is 0 Å². The van der Waals surface area contributed by atoms with Crippen molar-refractivity contribution in [2.45, 2.75) is 66.5 Å². The van der Waals surface area contributed by atoms with E-state index in [9.17, 15) is 98.5 Å². The van der Waals surface area contributed by atoms with Crippen molar-refractivity contribution in [2.75, 3.05) is 0 Å². The van der Waals surface area contributed by atoms with E-state index in [4.69, 9.17) is 4.55 Å². The minimum absolute atomic E-state index is 0. The maximum absolute atomic E-state index is 14.1. The molecule has 0 aliphatic rings. The van der Waals surface area contributed by atoms with E-state index in [2.05, 4.69) is 0 Å². The molecule has 0 aliphatic carbocycles. The molecule has 0 heterocycles.